The summed E-state index contributed by atoms with van der Waals surface area (Å²) in [5.41, 5.74) is 5.77. The van der Waals surface area contributed by atoms with E-state index in [0.29, 0.717) is 11.6 Å². The van der Waals surface area contributed by atoms with Crippen LogP contribution in [0.3, 0.4) is 0 Å². The van der Waals surface area contributed by atoms with Gasteiger partial charge in [-0.2, -0.15) is 16.4 Å². The van der Waals surface area contributed by atoms with Gasteiger partial charge < -0.3 is 0 Å². The highest BCUT2D eigenvalue weighted by Crippen LogP contribution is 2.63. The van der Waals surface area contributed by atoms with Crippen LogP contribution in [0.5, 0.6) is 0 Å². The van der Waals surface area contributed by atoms with Gasteiger partial charge in [0.2, 0.25) is 0 Å². The maximum atomic E-state index is 12.4. The summed E-state index contributed by atoms with van der Waals surface area (Å²) < 4.78 is 0. The summed E-state index contributed by atoms with van der Waals surface area (Å²) in [6.07, 6.45) is 3.44. The van der Waals surface area contributed by atoms with Gasteiger partial charge in [-0.25, -0.2) is 10.4 Å². The Kier molecular flexibility index (Phi) is 3.65. The van der Waals surface area contributed by atoms with Crippen molar-refractivity contribution in [1.82, 2.24) is 10.4 Å². The number of aromatic nitrogens is 1. The fourth-order valence-electron chi connectivity index (χ4n) is 4.17. The van der Waals surface area contributed by atoms with E-state index in [1.54, 1.807) is 16.7 Å². The summed E-state index contributed by atoms with van der Waals surface area (Å²) in [4.78, 5) is 16.8. The molecule has 0 unspecified atom stereocenters. The Morgan fingerprint density at radius 2 is 2.21 bits per heavy atom. The minimum absolute atomic E-state index is 0.106. The number of amides is 1. The van der Waals surface area contributed by atoms with Crippen LogP contribution < -0.4 is 5.43 Å². The molecule has 0 saturated heterocycles. The van der Waals surface area contributed by atoms with E-state index in [4.69, 9.17) is 0 Å². The standard InChI is InChI=1S/C18H21N3OS2/c1-17(2)12-4-6-18(17,3)14(8-12)20-21-15(22)13-10-24-16(19-13)11-5-7-23-9-11/h5,7,9-10,12H,4,6,8H2,1-3H3,(H,21,22)/b20-14+/t12-,18-/m0/s1. The fourth-order valence-corrected chi connectivity index (χ4v) is 5.68. The van der Waals surface area contributed by atoms with Crippen molar-refractivity contribution in [3.8, 4) is 10.6 Å². The normalized spacial score (nSPS) is 29.3. The van der Waals surface area contributed by atoms with Crippen molar-refractivity contribution in [3.63, 3.8) is 0 Å². The predicted octanol–water partition coefficient (Wildman–Crippen LogP) is 4.80. The fraction of sp³-hybridized carbons (Fsp3) is 0.500. The topological polar surface area (TPSA) is 54.4 Å². The molecule has 24 heavy (non-hydrogen) atoms. The summed E-state index contributed by atoms with van der Waals surface area (Å²) in [5.74, 6) is 0.465. The van der Waals surface area contributed by atoms with Crippen LogP contribution in [-0.2, 0) is 0 Å². The van der Waals surface area contributed by atoms with Gasteiger partial charge in [0.1, 0.15) is 10.7 Å². The van der Waals surface area contributed by atoms with Crippen LogP contribution in [0.1, 0.15) is 50.5 Å². The van der Waals surface area contributed by atoms with Crippen molar-refractivity contribution >= 4 is 34.3 Å². The Morgan fingerprint density at radius 3 is 2.83 bits per heavy atom. The molecule has 2 bridgehead atoms. The minimum Gasteiger partial charge on any atom is -0.266 e. The van der Waals surface area contributed by atoms with Crippen molar-refractivity contribution in [2.45, 2.75) is 40.0 Å². The van der Waals surface area contributed by atoms with Gasteiger partial charge in [-0.15, -0.1) is 11.3 Å². The predicted molar refractivity (Wildman–Crippen MR) is 99.6 cm³/mol. The Hall–Kier alpha value is -1.53. The van der Waals surface area contributed by atoms with Crippen LogP contribution in [0.25, 0.3) is 10.6 Å². The van der Waals surface area contributed by atoms with Crippen LogP contribution in [0, 0.1) is 16.7 Å². The molecule has 2 heterocycles. The van der Waals surface area contributed by atoms with Gasteiger partial charge in [0.15, 0.2) is 0 Å². The highest BCUT2D eigenvalue weighted by Gasteiger charge is 2.60. The average molecular weight is 360 g/mol. The number of hydrazone groups is 1. The van der Waals surface area contributed by atoms with Gasteiger partial charge in [0.25, 0.3) is 5.91 Å². The number of nitrogens with one attached hydrogen (secondary N) is 1. The number of hydrogen-bond acceptors (Lipinski definition) is 5. The van der Waals surface area contributed by atoms with Crippen molar-refractivity contribution in [3.05, 3.63) is 27.9 Å². The number of rotatable bonds is 3. The second-order valence-corrected chi connectivity index (χ2v) is 9.18. The number of nitrogens with zero attached hydrogens (tertiary/aromatic N) is 2. The largest absolute Gasteiger partial charge is 0.290 e. The highest BCUT2D eigenvalue weighted by atomic mass is 32.1. The van der Waals surface area contributed by atoms with Gasteiger partial charge in [0, 0.05) is 27.5 Å². The van der Waals surface area contributed by atoms with E-state index in [2.05, 4.69) is 36.3 Å². The van der Waals surface area contributed by atoms with E-state index >= 15 is 0 Å². The molecule has 2 saturated carbocycles. The van der Waals surface area contributed by atoms with E-state index in [1.165, 1.54) is 24.2 Å². The zero-order chi connectivity index (χ0) is 16.9. The summed E-state index contributed by atoms with van der Waals surface area (Å²) in [5, 5.41) is 11.2. The number of thiophene rings is 1. The molecule has 4 rings (SSSR count). The maximum absolute atomic E-state index is 12.4. The van der Waals surface area contributed by atoms with Crippen LogP contribution in [0.15, 0.2) is 27.3 Å². The van der Waals surface area contributed by atoms with Gasteiger partial charge in [-0.1, -0.05) is 20.8 Å². The number of carbonyl (C=O) groups excluding carboxylic acids is 1. The Labute approximate surface area is 150 Å². The van der Waals surface area contributed by atoms with Crippen molar-refractivity contribution in [1.29, 1.82) is 0 Å². The van der Waals surface area contributed by atoms with E-state index < -0.39 is 0 Å². The zero-order valence-corrected chi connectivity index (χ0v) is 15.8. The lowest BCUT2D eigenvalue weighted by atomic mass is 9.70. The van der Waals surface area contributed by atoms with Crippen molar-refractivity contribution in [2.24, 2.45) is 21.8 Å². The lowest BCUT2D eigenvalue weighted by Gasteiger charge is -2.34. The molecule has 0 radical (unpaired) electrons. The minimum atomic E-state index is -0.218. The van der Waals surface area contributed by atoms with Crippen LogP contribution in [-0.4, -0.2) is 16.6 Å². The molecular formula is C18H21N3OS2. The van der Waals surface area contributed by atoms with E-state index in [-0.39, 0.29) is 16.7 Å². The Morgan fingerprint density at radius 1 is 1.38 bits per heavy atom. The molecule has 0 aromatic carbocycles. The molecule has 6 heteroatoms. The summed E-state index contributed by atoms with van der Waals surface area (Å²) in [6.45, 7) is 6.97. The van der Waals surface area contributed by atoms with E-state index in [9.17, 15) is 4.79 Å². The van der Waals surface area contributed by atoms with Gasteiger partial charge in [-0.3, -0.25) is 4.79 Å². The molecule has 126 valence electrons. The first-order chi connectivity index (χ1) is 11.4. The number of hydrogen-bond donors (Lipinski definition) is 1. The number of fused-ring (bicyclic) bond motifs is 2. The van der Waals surface area contributed by atoms with Crippen LogP contribution in [0.2, 0.25) is 0 Å². The second kappa shape index (κ2) is 5.49. The third-order valence-corrected chi connectivity index (χ3v) is 7.88. The first-order valence-corrected chi connectivity index (χ1v) is 10.1. The smallest absolute Gasteiger partial charge is 0.266 e. The van der Waals surface area contributed by atoms with Crippen LogP contribution >= 0.6 is 22.7 Å². The first kappa shape index (κ1) is 16.0. The van der Waals surface area contributed by atoms with Crippen LogP contribution in [0.4, 0.5) is 0 Å². The average Bonchev–Trinajstić information content (AvgIpc) is 3.29. The molecule has 2 aliphatic carbocycles. The molecular weight excluding hydrogens is 338 g/mol. The Balaban J connectivity index is 1.50. The van der Waals surface area contributed by atoms with E-state index in [1.807, 2.05) is 16.8 Å². The number of carbonyl (C=O) groups is 1. The number of thiazole rings is 1. The molecule has 2 aliphatic rings. The first-order valence-electron chi connectivity index (χ1n) is 8.27. The van der Waals surface area contributed by atoms with Gasteiger partial charge in [0.05, 0.1) is 0 Å². The lowest BCUT2D eigenvalue weighted by Crippen LogP contribution is -2.34. The molecule has 0 aliphatic heterocycles. The van der Waals surface area contributed by atoms with E-state index in [0.717, 1.165) is 22.7 Å². The van der Waals surface area contributed by atoms with Gasteiger partial charge >= 0.3 is 0 Å². The SMILES string of the molecule is CC1(C)[C@H]2CC[C@@]1(C)/C(=N/NC(=O)c1csc(-c3ccsc3)n1)C2. The molecule has 2 atom stereocenters. The quantitative estimate of drug-likeness (QED) is 0.800. The second-order valence-electron chi connectivity index (χ2n) is 7.54. The highest BCUT2D eigenvalue weighted by molar-refractivity contribution is 7.14. The molecule has 1 amide bonds. The summed E-state index contributed by atoms with van der Waals surface area (Å²) in [6, 6.07) is 2.02. The van der Waals surface area contributed by atoms with Crippen molar-refractivity contribution < 1.29 is 4.79 Å². The molecule has 0 spiro atoms. The third kappa shape index (κ3) is 2.27. The molecule has 1 N–H and O–H groups in total. The third-order valence-electron chi connectivity index (χ3n) is 6.31. The molecule has 2 aromatic rings. The Bertz CT molecular complexity index is 806. The van der Waals surface area contributed by atoms with Gasteiger partial charge in [-0.05, 0) is 42.0 Å². The summed E-state index contributed by atoms with van der Waals surface area (Å²) in [7, 11) is 0. The monoisotopic (exact) mass is 359 g/mol. The summed E-state index contributed by atoms with van der Waals surface area (Å²) >= 11 is 3.12. The molecule has 4 nitrogen and oxygen atoms in total. The van der Waals surface area contributed by atoms with Crippen molar-refractivity contribution in [2.75, 3.05) is 0 Å². The molecule has 2 fully saturated rings. The molecule has 2 aromatic heterocycles. The lowest BCUT2D eigenvalue weighted by molar-refractivity contribution is 0.0949. The zero-order valence-electron chi connectivity index (χ0n) is 14.1. The maximum Gasteiger partial charge on any atom is 0.290 e.